The molecule has 0 spiro atoms. The molecule has 1 aromatic rings. The number of likely N-dealkylation sites (tertiary alicyclic amines) is 1. The van der Waals surface area contributed by atoms with Gasteiger partial charge in [0.2, 0.25) is 5.91 Å². The maximum Gasteiger partial charge on any atom is 0.238 e. The average molecular weight is 287 g/mol. The number of aryl methyl sites for hydroxylation is 1. The van der Waals surface area contributed by atoms with Gasteiger partial charge in [0, 0.05) is 24.3 Å². The van der Waals surface area contributed by atoms with E-state index in [1.54, 1.807) is 0 Å². The van der Waals surface area contributed by atoms with Crippen molar-refractivity contribution in [2.45, 2.75) is 26.3 Å². The highest BCUT2D eigenvalue weighted by atomic mass is 16.2. The number of carbonyl (C=O) groups is 1. The summed E-state index contributed by atoms with van der Waals surface area (Å²) in [6, 6.07) is 7.96. The van der Waals surface area contributed by atoms with Crippen LogP contribution in [0.1, 0.15) is 19.4 Å². The Labute approximate surface area is 126 Å². The smallest absolute Gasteiger partial charge is 0.238 e. The highest BCUT2D eigenvalue weighted by Crippen LogP contribution is 2.40. The Morgan fingerprint density at radius 3 is 2.71 bits per heavy atom. The number of hydrogen-bond donors (Lipinski definition) is 2. The summed E-state index contributed by atoms with van der Waals surface area (Å²) in [6.07, 6.45) is 0. The normalized spacial score (nSPS) is 27.6. The van der Waals surface area contributed by atoms with Crippen LogP contribution < -0.4 is 10.6 Å². The number of nitrogens with zero attached hydrogens (tertiary/aromatic N) is 1. The number of amides is 1. The molecule has 1 aromatic carbocycles. The lowest BCUT2D eigenvalue weighted by Crippen LogP contribution is -2.47. The third-order valence-corrected chi connectivity index (χ3v) is 5.19. The van der Waals surface area contributed by atoms with Crippen molar-refractivity contribution < 1.29 is 4.79 Å². The Kier molecular flexibility index (Phi) is 3.76. The second-order valence-electron chi connectivity index (χ2n) is 6.97. The van der Waals surface area contributed by atoms with Crippen LogP contribution in [0.4, 0.5) is 5.69 Å². The van der Waals surface area contributed by atoms with E-state index < -0.39 is 0 Å². The molecule has 2 N–H and O–H groups in total. The quantitative estimate of drug-likeness (QED) is 0.892. The van der Waals surface area contributed by atoms with Crippen LogP contribution in [-0.4, -0.2) is 42.5 Å². The van der Waals surface area contributed by atoms with Crippen LogP contribution in [0.2, 0.25) is 0 Å². The molecule has 2 atom stereocenters. The van der Waals surface area contributed by atoms with Crippen LogP contribution >= 0.6 is 0 Å². The minimum absolute atomic E-state index is 0.0832. The number of rotatable bonds is 3. The highest BCUT2D eigenvalue weighted by Gasteiger charge is 2.49. The van der Waals surface area contributed by atoms with Crippen molar-refractivity contribution in [1.82, 2.24) is 10.2 Å². The average Bonchev–Trinajstić information content (AvgIpc) is 2.97. The predicted octanol–water partition coefficient (Wildman–Crippen LogP) is 1.86. The van der Waals surface area contributed by atoms with Gasteiger partial charge < -0.3 is 10.6 Å². The highest BCUT2D eigenvalue weighted by molar-refractivity contribution is 5.92. The molecular formula is C17H25N3O. The maximum absolute atomic E-state index is 12.3. The summed E-state index contributed by atoms with van der Waals surface area (Å²) in [4.78, 5) is 14.6. The molecular weight excluding hydrogens is 262 g/mol. The largest absolute Gasteiger partial charge is 0.325 e. The van der Waals surface area contributed by atoms with Gasteiger partial charge in [-0.05, 0) is 51.3 Å². The van der Waals surface area contributed by atoms with Crippen molar-refractivity contribution in [2.24, 2.45) is 11.8 Å². The number of benzene rings is 1. The van der Waals surface area contributed by atoms with Gasteiger partial charge in [0.1, 0.15) is 0 Å². The fourth-order valence-electron chi connectivity index (χ4n) is 3.78. The molecule has 2 heterocycles. The zero-order valence-electron chi connectivity index (χ0n) is 13.1. The van der Waals surface area contributed by atoms with Crippen LogP contribution in [0.5, 0.6) is 0 Å². The Bertz CT molecular complexity index is 523. The fourth-order valence-corrected chi connectivity index (χ4v) is 3.78. The standard InChI is InChI=1S/C17H25N3O/c1-12-4-6-14(7-5-12)19-16(21)11-20-10-13-8-18-9-15(13)17(20,2)3/h4-7,13,15,18H,8-11H2,1-3H3,(H,19,21). The van der Waals surface area contributed by atoms with E-state index in [0.717, 1.165) is 25.3 Å². The van der Waals surface area contributed by atoms with Crippen LogP contribution in [0, 0.1) is 18.8 Å². The first kappa shape index (κ1) is 14.5. The van der Waals surface area contributed by atoms with Crippen LogP contribution in [0.15, 0.2) is 24.3 Å². The van der Waals surface area contributed by atoms with Crippen molar-refractivity contribution in [2.75, 3.05) is 31.5 Å². The van der Waals surface area contributed by atoms with Crippen molar-refractivity contribution in [3.8, 4) is 0 Å². The monoisotopic (exact) mass is 287 g/mol. The van der Waals surface area contributed by atoms with E-state index in [1.165, 1.54) is 5.56 Å². The zero-order valence-corrected chi connectivity index (χ0v) is 13.1. The van der Waals surface area contributed by atoms with Gasteiger partial charge in [-0.25, -0.2) is 0 Å². The molecule has 4 heteroatoms. The molecule has 0 bridgehead atoms. The van der Waals surface area contributed by atoms with Crippen LogP contribution in [0.25, 0.3) is 0 Å². The van der Waals surface area contributed by atoms with Crippen molar-refractivity contribution >= 4 is 11.6 Å². The molecule has 21 heavy (non-hydrogen) atoms. The zero-order chi connectivity index (χ0) is 15.0. The van der Waals surface area contributed by atoms with Crippen LogP contribution in [-0.2, 0) is 4.79 Å². The Morgan fingerprint density at radius 2 is 2.05 bits per heavy atom. The Balaban J connectivity index is 1.61. The molecule has 4 nitrogen and oxygen atoms in total. The molecule has 2 aliphatic rings. The van der Waals surface area contributed by atoms with Gasteiger partial charge in [-0.15, -0.1) is 0 Å². The Morgan fingerprint density at radius 1 is 1.33 bits per heavy atom. The molecule has 3 rings (SSSR count). The van der Waals surface area contributed by atoms with Gasteiger partial charge in [0.15, 0.2) is 0 Å². The van der Waals surface area contributed by atoms with Gasteiger partial charge in [-0.3, -0.25) is 9.69 Å². The third kappa shape index (κ3) is 2.83. The summed E-state index contributed by atoms with van der Waals surface area (Å²) < 4.78 is 0. The second kappa shape index (κ2) is 5.43. The number of carbonyl (C=O) groups excluding carboxylic acids is 1. The van der Waals surface area contributed by atoms with E-state index in [-0.39, 0.29) is 11.4 Å². The summed E-state index contributed by atoms with van der Waals surface area (Å²) in [6.45, 7) is 10.2. The minimum Gasteiger partial charge on any atom is -0.325 e. The number of nitrogens with one attached hydrogen (secondary N) is 2. The number of fused-ring (bicyclic) bond motifs is 1. The minimum atomic E-state index is 0.0832. The summed E-state index contributed by atoms with van der Waals surface area (Å²) in [7, 11) is 0. The van der Waals surface area contributed by atoms with E-state index in [1.807, 2.05) is 31.2 Å². The van der Waals surface area contributed by atoms with Gasteiger partial charge in [0.25, 0.3) is 0 Å². The lowest BCUT2D eigenvalue weighted by atomic mass is 9.85. The molecule has 0 aliphatic carbocycles. The van der Waals surface area contributed by atoms with Gasteiger partial charge in [-0.2, -0.15) is 0 Å². The third-order valence-electron chi connectivity index (χ3n) is 5.19. The predicted molar refractivity (Wildman–Crippen MR) is 85.3 cm³/mol. The van der Waals surface area contributed by atoms with Gasteiger partial charge >= 0.3 is 0 Å². The van der Waals surface area contributed by atoms with E-state index in [4.69, 9.17) is 0 Å². The molecule has 0 saturated carbocycles. The summed E-state index contributed by atoms with van der Waals surface area (Å²) in [5.74, 6) is 1.43. The van der Waals surface area contributed by atoms with Crippen molar-refractivity contribution in [1.29, 1.82) is 0 Å². The topological polar surface area (TPSA) is 44.4 Å². The molecule has 0 aromatic heterocycles. The van der Waals surface area contributed by atoms with Crippen molar-refractivity contribution in [3.63, 3.8) is 0 Å². The maximum atomic E-state index is 12.3. The van der Waals surface area contributed by atoms with E-state index in [0.29, 0.717) is 18.4 Å². The summed E-state index contributed by atoms with van der Waals surface area (Å²) in [5, 5.41) is 6.47. The van der Waals surface area contributed by atoms with E-state index in [9.17, 15) is 4.79 Å². The Hall–Kier alpha value is -1.39. The van der Waals surface area contributed by atoms with Gasteiger partial charge in [0.05, 0.1) is 6.54 Å². The summed E-state index contributed by atoms with van der Waals surface area (Å²) in [5.41, 5.74) is 2.18. The number of anilines is 1. The van der Waals surface area contributed by atoms with E-state index in [2.05, 4.69) is 29.4 Å². The van der Waals surface area contributed by atoms with Crippen molar-refractivity contribution in [3.05, 3.63) is 29.8 Å². The first-order chi connectivity index (χ1) is 9.96. The molecule has 2 saturated heterocycles. The van der Waals surface area contributed by atoms with Crippen LogP contribution in [0.3, 0.4) is 0 Å². The molecule has 2 unspecified atom stereocenters. The molecule has 114 valence electrons. The van der Waals surface area contributed by atoms with E-state index >= 15 is 0 Å². The molecule has 2 aliphatic heterocycles. The lowest BCUT2D eigenvalue weighted by molar-refractivity contribution is -0.118. The molecule has 1 amide bonds. The summed E-state index contributed by atoms with van der Waals surface area (Å²) >= 11 is 0. The SMILES string of the molecule is Cc1ccc(NC(=O)CN2CC3CNCC3C2(C)C)cc1. The molecule has 0 radical (unpaired) electrons. The molecule has 2 fully saturated rings. The first-order valence-corrected chi connectivity index (χ1v) is 7.79. The second-order valence-corrected chi connectivity index (χ2v) is 6.97. The first-order valence-electron chi connectivity index (χ1n) is 7.79. The fraction of sp³-hybridized carbons (Fsp3) is 0.588. The number of hydrogen-bond acceptors (Lipinski definition) is 3. The van der Waals surface area contributed by atoms with Gasteiger partial charge in [-0.1, -0.05) is 17.7 Å². The lowest BCUT2D eigenvalue weighted by Gasteiger charge is -2.35.